The van der Waals surface area contributed by atoms with Gasteiger partial charge in [0.2, 0.25) is 0 Å². The number of hydrogen-bond acceptors (Lipinski definition) is 1. The van der Waals surface area contributed by atoms with Gasteiger partial charge >= 0.3 is 5.97 Å². The van der Waals surface area contributed by atoms with Gasteiger partial charge in [0, 0.05) is 15.7 Å². The highest BCUT2D eigenvalue weighted by Gasteiger charge is 2.15. The maximum Gasteiger partial charge on any atom is 0.303 e. The number of carboxylic acids is 1. The summed E-state index contributed by atoms with van der Waals surface area (Å²) >= 11 is 18.5. The molecule has 2 aromatic carbocycles. The zero-order chi connectivity index (χ0) is 18.0. The van der Waals surface area contributed by atoms with Crippen LogP contribution in [0.4, 0.5) is 0 Å². The summed E-state index contributed by atoms with van der Waals surface area (Å²) in [4.78, 5) is 11.0. The van der Waals surface area contributed by atoms with Crippen molar-refractivity contribution in [2.75, 3.05) is 0 Å². The number of hydrogen-bond donors (Lipinski definition) is 1. The van der Waals surface area contributed by atoms with E-state index in [9.17, 15) is 4.79 Å². The number of carboxylic acid groups (broad SMARTS) is 1. The lowest BCUT2D eigenvalue weighted by atomic mass is 10.1. The highest BCUT2D eigenvalue weighted by Crippen LogP contribution is 2.33. The van der Waals surface area contributed by atoms with Gasteiger partial charge in [-0.05, 0) is 54.4 Å². The number of carbonyl (C=O) groups is 1. The minimum Gasteiger partial charge on any atom is -0.481 e. The Hall–Kier alpha value is -1.94. The molecule has 0 saturated heterocycles. The van der Waals surface area contributed by atoms with E-state index in [1.54, 1.807) is 18.2 Å². The largest absolute Gasteiger partial charge is 0.481 e. The van der Waals surface area contributed by atoms with Crippen LogP contribution in [0.5, 0.6) is 0 Å². The van der Waals surface area contributed by atoms with E-state index < -0.39 is 5.97 Å². The third kappa shape index (κ3) is 4.01. The lowest BCUT2D eigenvalue weighted by Crippen LogP contribution is -2.06. The molecule has 0 unspecified atom stereocenters. The van der Waals surface area contributed by atoms with Crippen LogP contribution in [0.2, 0.25) is 15.1 Å². The first-order valence-corrected chi connectivity index (χ1v) is 8.73. The number of nitrogens with zero attached hydrogens (tertiary/aromatic N) is 1. The van der Waals surface area contributed by atoms with Crippen LogP contribution in [0.1, 0.15) is 12.1 Å². The molecule has 1 N–H and O–H groups in total. The van der Waals surface area contributed by atoms with E-state index in [1.165, 1.54) is 0 Å². The Bertz CT molecular complexity index is 917. The highest BCUT2D eigenvalue weighted by atomic mass is 35.5. The van der Waals surface area contributed by atoms with Crippen LogP contribution in [0, 0.1) is 0 Å². The maximum absolute atomic E-state index is 11.0. The molecule has 0 spiro atoms. The second-order valence-corrected chi connectivity index (χ2v) is 6.82. The van der Waals surface area contributed by atoms with Gasteiger partial charge in [0.25, 0.3) is 0 Å². The predicted octanol–water partition coefficient (Wildman–Crippen LogP) is 6.12. The van der Waals surface area contributed by atoms with Gasteiger partial charge in [0.05, 0.1) is 22.8 Å². The Kier molecular flexibility index (Phi) is 5.38. The van der Waals surface area contributed by atoms with Crippen molar-refractivity contribution in [3.05, 3.63) is 75.4 Å². The van der Waals surface area contributed by atoms with Gasteiger partial charge in [0.1, 0.15) is 0 Å². The van der Waals surface area contributed by atoms with Crippen molar-refractivity contribution in [3.8, 4) is 16.9 Å². The molecule has 0 aliphatic carbocycles. The van der Waals surface area contributed by atoms with Crippen molar-refractivity contribution >= 4 is 40.8 Å². The molecule has 25 heavy (non-hydrogen) atoms. The lowest BCUT2D eigenvalue weighted by Gasteiger charge is -2.16. The topological polar surface area (TPSA) is 42.2 Å². The molecule has 1 aromatic heterocycles. The molecule has 0 saturated carbocycles. The minimum atomic E-state index is -0.849. The zero-order valence-corrected chi connectivity index (χ0v) is 15.3. The minimum absolute atomic E-state index is 0.0300. The molecule has 3 rings (SSSR count). The molecule has 0 aliphatic rings. The number of aryl methyl sites for hydroxylation is 1. The van der Waals surface area contributed by atoms with Crippen LogP contribution in [-0.2, 0) is 11.2 Å². The summed E-state index contributed by atoms with van der Waals surface area (Å²) < 4.78 is 1.94. The van der Waals surface area contributed by atoms with E-state index in [-0.39, 0.29) is 6.42 Å². The van der Waals surface area contributed by atoms with Crippen molar-refractivity contribution in [2.24, 2.45) is 0 Å². The molecule has 0 amide bonds. The van der Waals surface area contributed by atoms with Crippen molar-refractivity contribution in [2.45, 2.75) is 12.8 Å². The fourth-order valence-corrected chi connectivity index (χ4v) is 3.19. The van der Waals surface area contributed by atoms with Crippen LogP contribution < -0.4 is 0 Å². The zero-order valence-electron chi connectivity index (χ0n) is 13.0. The monoisotopic (exact) mass is 393 g/mol. The van der Waals surface area contributed by atoms with Gasteiger partial charge in [-0.3, -0.25) is 4.79 Å². The van der Waals surface area contributed by atoms with Gasteiger partial charge in [-0.15, -0.1) is 0 Å². The SMILES string of the molecule is O=C(O)CCc1ccc(-c2ccc(Cl)cc2)n1-c1cc(Cl)ccc1Cl. The predicted molar refractivity (Wildman–Crippen MR) is 102 cm³/mol. The quantitative estimate of drug-likeness (QED) is 0.566. The summed E-state index contributed by atoms with van der Waals surface area (Å²) in [5, 5.41) is 10.8. The maximum atomic E-state index is 11.0. The molecule has 6 heteroatoms. The van der Waals surface area contributed by atoms with Gasteiger partial charge in [-0.1, -0.05) is 46.9 Å². The summed E-state index contributed by atoms with van der Waals surface area (Å²) in [6.07, 6.45) is 0.411. The number of aliphatic carboxylic acids is 1. The summed E-state index contributed by atoms with van der Waals surface area (Å²) in [7, 11) is 0. The van der Waals surface area contributed by atoms with Crippen molar-refractivity contribution in [1.82, 2.24) is 4.57 Å². The van der Waals surface area contributed by atoms with Crippen LogP contribution >= 0.6 is 34.8 Å². The summed E-state index contributed by atoms with van der Waals surface area (Å²) in [6.45, 7) is 0. The number of halogens is 3. The summed E-state index contributed by atoms with van der Waals surface area (Å²) in [5.74, 6) is -0.849. The molecule has 0 aliphatic heterocycles. The first kappa shape index (κ1) is 17.9. The normalized spacial score (nSPS) is 10.8. The molecule has 0 atom stereocenters. The Morgan fingerprint density at radius 2 is 1.60 bits per heavy atom. The van der Waals surface area contributed by atoms with Crippen LogP contribution in [-0.4, -0.2) is 15.6 Å². The van der Waals surface area contributed by atoms with Crippen LogP contribution in [0.15, 0.2) is 54.6 Å². The van der Waals surface area contributed by atoms with Crippen LogP contribution in [0.25, 0.3) is 16.9 Å². The third-order valence-corrected chi connectivity index (χ3v) is 4.65. The third-order valence-electron chi connectivity index (χ3n) is 3.85. The Balaban J connectivity index is 2.17. The van der Waals surface area contributed by atoms with E-state index in [4.69, 9.17) is 39.9 Å². The average molecular weight is 395 g/mol. The first-order chi connectivity index (χ1) is 12.0. The number of benzene rings is 2. The summed E-state index contributed by atoms with van der Waals surface area (Å²) in [6, 6.07) is 16.5. The molecule has 0 radical (unpaired) electrons. The van der Waals surface area contributed by atoms with E-state index in [1.807, 2.05) is 41.0 Å². The fraction of sp³-hybridized carbons (Fsp3) is 0.105. The van der Waals surface area contributed by atoms with E-state index in [0.29, 0.717) is 27.2 Å². The molecule has 1 heterocycles. The van der Waals surface area contributed by atoms with E-state index in [2.05, 4.69) is 0 Å². The molecular weight excluding hydrogens is 381 g/mol. The van der Waals surface area contributed by atoms with Gasteiger partial charge in [-0.2, -0.15) is 0 Å². The van der Waals surface area contributed by atoms with E-state index in [0.717, 1.165) is 17.0 Å². The van der Waals surface area contributed by atoms with Gasteiger partial charge in [-0.25, -0.2) is 0 Å². The Morgan fingerprint density at radius 1 is 0.920 bits per heavy atom. The first-order valence-electron chi connectivity index (χ1n) is 7.59. The molecule has 128 valence electrons. The van der Waals surface area contributed by atoms with Gasteiger partial charge < -0.3 is 9.67 Å². The summed E-state index contributed by atoms with van der Waals surface area (Å²) in [5.41, 5.74) is 3.39. The molecular formula is C19H14Cl3NO2. The number of aromatic nitrogens is 1. The van der Waals surface area contributed by atoms with Crippen LogP contribution in [0.3, 0.4) is 0 Å². The van der Waals surface area contributed by atoms with Crippen molar-refractivity contribution in [3.63, 3.8) is 0 Å². The smallest absolute Gasteiger partial charge is 0.303 e. The second-order valence-electron chi connectivity index (χ2n) is 5.54. The molecule has 3 nitrogen and oxygen atoms in total. The molecule has 0 fully saturated rings. The van der Waals surface area contributed by atoms with Gasteiger partial charge in [0.15, 0.2) is 0 Å². The standard InChI is InChI=1S/C19H14Cl3NO2/c20-13-3-1-12(2-4-13)17-9-6-15(7-10-19(24)25)23(17)18-11-14(21)5-8-16(18)22/h1-6,8-9,11H,7,10H2,(H,24,25). The van der Waals surface area contributed by atoms with Crippen molar-refractivity contribution in [1.29, 1.82) is 0 Å². The number of rotatable bonds is 5. The van der Waals surface area contributed by atoms with E-state index >= 15 is 0 Å². The second kappa shape index (κ2) is 7.52. The average Bonchev–Trinajstić information content (AvgIpc) is 2.99. The fourth-order valence-electron chi connectivity index (χ4n) is 2.70. The Labute approximate surface area is 160 Å². The lowest BCUT2D eigenvalue weighted by molar-refractivity contribution is -0.136. The van der Waals surface area contributed by atoms with Crippen molar-refractivity contribution < 1.29 is 9.90 Å². The highest BCUT2D eigenvalue weighted by molar-refractivity contribution is 6.34. The Morgan fingerprint density at radius 3 is 2.28 bits per heavy atom. The molecule has 3 aromatic rings. The molecule has 0 bridgehead atoms.